The Bertz CT molecular complexity index is 174. The van der Waals surface area contributed by atoms with E-state index in [4.69, 9.17) is 5.73 Å². The lowest BCUT2D eigenvalue weighted by Gasteiger charge is -1.95. The third-order valence-corrected chi connectivity index (χ3v) is 2.14. The van der Waals surface area contributed by atoms with Crippen LogP contribution in [0.5, 0.6) is 0 Å². The second kappa shape index (κ2) is 1.49. The van der Waals surface area contributed by atoms with Crippen molar-refractivity contribution in [3.05, 3.63) is 0 Å². The second-order valence-electron chi connectivity index (χ2n) is 3.18. The Morgan fingerprint density at radius 3 is 1.80 bits per heavy atom. The van der Waals surface area contributed by atoms with Crippen molar-refractivity contribution in [3.63, 3.8) is 0 Å². The highest BCUT2D eigenvalue weighted by Crippen LogP contribution is 2.65. The maximum absolute atomic E-state index is 12.5. The molecule has 1 atom stereocenters. The Kier molecular flexibility index (Phi) is 1.11. The van der Waals surface area contributed by atoms with Gasteiger partial charge in [0.2, 0.25) is 5.91 Å². The molecular weight excluding hydrogens is 140 g/mol. The van der Waals surface area contributed by atoms with Crippen LogP contribution >= 0.6 is 0 Å². The second-order valence-corrected chi connectivity index (χ2v) is 3.18. The number of carbonyl (C=O) groups is 1. The minimum atomic E-state index is -2.89. The van der Waals surface area contributed by atoms with E-state index in [1.54, 1.807) is 0 Å². The zero-order valence-corrected chi connectivity index (χ0v) is 5.82. The van der Waals surface area contributed by atoms with Crippen LogP contribution in [-0.2, 0) is 4.79 Å². The molecule has 1 amide bonds. The van der Waals surface area contributed by atoms with Gasteiger partial charge < -0.3 is 5.73 Å². The first kappa shape index (κ1) is 7.44. The number of amides is 1. The molecule has 4 heteroatoms. The van der Waals surface area contributed by atoms with E-state index in [9.17, 15) is 13.6 Å². The molecule has 1 rings (SSSR count). The standard InChI is InChI=1S/C6H9F2NO/c1-5(2)3(4(9)10)6(5,7)8/h3H,1-2H3,(H2,9,10). The molecule has 0 aromatic rings. The molecule has 0 aromatic carbocycles. The molecule has 10 heavy (non-hydrogen) atoms. The lowest BCUT2D eigenvalue weighted by atomic mass is 10.1. The van der Waals surface area contributed by atoms with E-state index < -0.39 is 23.2 Å². The van der Waals surface area contributed by atoms with Crippen LogP contribution in [0.15, 0.2) is 0 Å². The predicted octanol–water partition coefficient (Wildman–Crippen LogP) is 0.763. The van der Waals surface area contributed by atoms with E-state index in [-0.39, 0.29) is 0 Å². The summed E-state index contributed by atoms with van der Waals surface area (Å²) < 4.78 is 25.0. The first-order valence-electron chi connectivity index (χ1n) is 2.99. The van der Waals surface area contributed by atoms with Crippen LogP contribution in [0.4, 0.5) is 8.78 Å². The van der Waals surface area contributed by atoms with Crippen molar-refractivity contribution in [2.75, 3.05) is 0 Å². The fourth-order valence-corrected chi connectivity index (χ4v) is 1.19. The lowest BCUT2D eigenvalue weighted by molar-refractivity contribution is -0.121. The number of hydrogen-bond acceptors (Lipinski definition) is 1. The minimum absolute atomic E-state index is 0.907. The van der Waals surface area contributed by atoms with Gasteiger partial charge in [0.25, 0.3) is 5.92 Å². The van der Waals surface area contributed by atoms with Crippen molar-refractivity contribution >= 4 is 5.91 Å². The van der Waals surface area contributed by atoms with E-state index in [2.05, 4.69) is 0 Å². The van der Waals surface area contributed by atoms with Crippen LogP contribution in [0, 0.1) is 11.3 Å². The van der Waals surface area contributed by atoms with Crippen molar-refractivity contribution in [1.82, 2.24) is 0 Å². The smallest absolute Gasteiger partial charge is 0.266 e. The van der Waals surface area contributed by atoms with Gasteiger partial charge in [0.05, 0.1) is 0 Å². The topological polar surface area (TPSA) is 43.1 Å². The van der Waals surface area contributed by atoms with Crippen LogP contribution in [0.1, 0.15) is 13.8 Å². The summed E-state index contributed by atoms with van der Waals surface area (Å²) in [6.07, 6.45) is 0. The molecule has 0 bridgehead atoms. The van der Waals surface area contributed by atoms with E-state index in [1.165, 1.54) is 13.8 Å². The summed E-state index contributed by atoms with van der Waals surface area (Å²) in [5.41, 5.74) is 3.51. The van der Waals surface area contributed by atoms with Crippen LogP contribution in [0.2, 0.25) is 0 Å². The Morgan fingerprint density at radius 1 is 1.50 bits per heavy atom. The molecule has 58 valence electrons. The quantitative estimate of drug-likeness (QED) is 0.587. The first-order valence-corrected chi connectivity index (χ1v) is 2.99. The number of alkyl halides is 2. The molecule has 0 aromatic heterocycles. The highest BCUT2D eigenvalue weighted by atomic mass is 19.3. The summed E-state index contributed by atoms with van der Waals surface area (Å²) in [6.45, 7) is 2.67. The molecular formula is C6H9F2NO. The number of carbonyl (C=O) groups excluding carboxylic acids is 1. The number of halogens is 2. The fraction of sp³-hybridized carbons (Fsp3) is 0.833. The van der Waals surface area contributed by atoms with Crippen LogP contribution in [-0.4, -0.2) is 11.8 Å². The van der Waals surface area contributed by atoms with Crippen LogP contribution < -0.4 is 5.73 Å². The molecule has 1 aliphatic rings. The van der Waals surface area contributed by atoms with Gasteiger partial charge in [-0.25, -0.2) is 8.78 Å². The molecule has 1 saturated carbocycles. The van der Waals surface area contributed by atoms with Crippen molar-refractivity contribution in [1.29, 1.82) is 0 Å². The molecule has 0 aliphatic heterocycles. The molecule has 0 heterocycles. The third-order valence-electron chi connectivity index (χ3n) is 2.14. The van der Waals surface area contributed by atoms with E-state index in [1.807, 2.05) is 0 Å². The Balaban J connectivity index is 2.81. The zero-order chi connectivity index (χ0) is 8.15. The average molecular weight is 149 g/mol. The Morgan fingerprint density at radius 2 is 1.80 bits per heavy atom. The molecule has 0 radical (unpaired) electrons. The third kappa shape index (κ3) is 0.589. The number of rotatable bonds is 1. The molecule has 2 nitrogen and oxygen atoms in total. The SMILES string of the molecule is CC1(C)C(C(N)=O)C1(F)F. The monoisotopic (exact) mass is 149 g/mol. The van der Waals surface area contributed by atoms with Gasteiger partial charge in [-0.2, -0.15) is 0 Å². The highest BCUT2D eigenvalue weighted by molar-refractivity contribution is 5.82. The van der Waals surface area contributed by atoms with Gasteiger partial charge in [-0.05, 0) is 0 Å². The van der Waals surface area contributed by atoms with E-state index in [0.717, 1.165) is 0 Å². The fourth-order valence-electron chi connectivity index (χ4n) is 1.19. The van der Waals surface area contributed by atoms with Crippen molar-refractivity contribution in [2.24, 2.45) is 17.1 Å². The average Bonchev–Trinajstić information content (AvgIpc) is 1.97. The molecule has 0 spiro atoms. The lowest BCUT2D eigenvalue weighted by Crippen LogP contribution is -2.17. The van der Waals surface area contributed by atoms with Crippen molar-refractivity contribution in [3.8, 4) is 0 Å². The largest absolute Gasteiger partial charge is 0.369 e. The van der Waals surface area contributed by atoms with Gasteiger partial charge in [0, 0.05) is 5.41 Å². The Hall–Kier alpha value is -0.670. The van der Waals surface area contributed by atoms with Crippen molar-refractivity contribution in [2.45, 2.75) is 19.8 Å². The van der Waals surface area contributed by atoms with Gasteiger partial charge in [0.1, 0.15) is 5.92 Å². The van der Waals surface area contributed by atoms with Gasteiger partial charge in [-0.15, -0.1) is 0 Å². The summed E-state index contributed by atoms with van der Waals surface area (Å²) in [6, 6.07) is 0. The number of primary amides is 1. The predicted molar refractivity (Wildman–Crippen MR) is 31.4 cm³/mol. The maximum atomic E-state index is 12.5. The number of nitrogens with two attached hydrogens (primary N) is 1. The summed E-state index contributed by atoms with van der Waals surface area (Å²) in [7, 11) is 0. The Labute approximate surface area is 57.4 Å². The number of hydrogen-bond donors (Lipinski definition) is 1. The van der Waals surface area contributed by atoms with Crippen LogP contribution in [0.25, 0.3) is 0 Å². The van der Waals surface area contributed by atoms with Crippen molar-refractivity contribution < 1.29 is 13.6 Å². The summed E-state index contributed by atoms with van der Waals surface area (Å²) in [5, 5.41) is 0. The normalized spacial score (nSPS) is 33.4. The van der Waals surface area contributed by atoms with Crippen LogP contribution in [0.3, 0.4) is 0 Å². The highest BCUT2D eigenvalue weighted by Gasteiger charge is 2.77. The molecule has 1 aliphatic carbocycles. The van der Waals surface area contributed by atoms with Gasteiger partial charge in [-0.3, -0.25) is 4.79 Å². The summed E-state index contributed by atoms with van der Waals surface area (Å²) >= 11 is 0. The minimum Gasteiger partial charge on any atom is -0.369 e. The first-order chi connectivity index (χ1) is 4.32. The summed E-state index contributed by atoms with van der Waals surface area (Å²) in [5.74, 6) is -5.06. The van der Waals surface area contributed by atoms with E-state index in [0.29, 0.717) is 0 Å². The molecule has 0 saturated heterocycles. The zero-order valence-electron chi connectivity index (χ0n) is 5.82. The van der Waals surface area contributed by atoms with E-state index >= 15 is 0 Å². The van der Waals surface area contributed by atoms with Gasteiger partial charge in [-0.1, -0.05) is 13.8 Å². The maximum Gasteiger partial charge on any atom is 0.266 e. The summed E-state index contributed by atoms with van der Waals surface area (Å²) in [4.78, 5) is 10.3. The molecule has 1 unspecified atom stereocenters. The van der Waals surface area contributed by atoms with Gasteiger partial charge >= 0.3 is 0 Å². The molecule has 2 N–H and O–H groups in total. The van der Waals surface area contributed by atoms with Gasteiger partial charge in [0.15, 0.2) is 0 Å². The molecule has 1 fully saturated rings.